The smallest absolute Gasteiger partial charge is 0.126 e. The quantitative estimate of drug-likeness (QED) is 0.535. The number of hydrogen-bond acceptors (Lipinski definition) is 3. The van der Waals surface area contributed by atoms with Crippen molar-refractivity contribution in [1.82, 2.24) is 9.21 Å². The van der Waals surface area contributed by atoms with Gasteiger partial charge >= 0.3 is 0 Å². The molecule has 3 aromatic rings. The van der Waals surface area contributed by atoms with Gasteiger partial charge in [-0.3, -0.25) is 9.11 Å². The third kappa shape index (κ3) is 4.65. The number of hydrogen-bond donors (Lipinski definition) is 0. The van der Waals surface area contributed by atoms with Gasteiger partial charge in [-0.2, -0.15) is 0 Å². The molecular weight excluding hydrogens is 406 g/mol. The average molecular weight is 427 g/mol. The van der Waals surface area contributed by atoms with Crippen molar-refractivity contribution in [2.75, 3.05) is 13.1 Å². The second-order valence-corrected chi connectivity index (χ2v) is 8.30. The van der Waals surface area contributed by atoms with Crippen LogP contribution < -0.4 is 0 Å². The highest BCUT2D eigenvalue weighted by Gasteiger charge is 2.37. The van der Waals surface area contributed by atoms with Gasteiger partial charge in [-0.15, -0.1) is 0 Å². The summed E-state index contributed by atoms with van der Waals surface area (Å²) in [5.41, 5.74) is 2.55. The topological polar surface area (TPSA) is 46.6 Å². The zero-order valence-corrected chi connectivity index (χ0v) is 17.0. The fourth-order valence-electron chi connectivity index (χ4n) is 3.95. The third-order valence-electron chi connectivity index (χ3n) is 5.35. The predicted octanol–water partition coefficient (Wildman–Crippen LogP) is 4.03. The highest BCUT2D eigenvalue weighted by atomic mass is 32.2. The molecule has 0 amide bonds. The van der Waals surface area contributed by atoms with Gasteiger partial charge < -0.3 is 4.55 Å². The van der Waals surface area contributed by atoms with Crippen molar-refractivity contribution in [3.05, 3.63) is 107 Å². The van der Waals surface area contributed by atoms with Crippen LogP contribution in [0.5, 0.6) is 0 Å². The number of rotatable bonds is 7. The summed E-state index contributed by atoms with van der Waals surface area (Å²) in [5, 5.41) is 0. The minimum Gasteiger partial charge on any atom is -0.760 e. The van der Waals surface area contributed by atoms with Crippen LogP contribution in [0.15, 0.2) is 78.9 Å². The van der Waals surface area contributed by atoms with E-state index in [9.17, 15) is 17.5 Å². The van der Waals surface area contributed by atoms with Gasteiger partial charge in [0.1, 0.15) is 11.6 Å². The zero-order valence-electron chi connectivity index (χ0n) is 16.2. The van der Waals surface area contributed by atoms with E-state index in [0.29, 0.717) is 13.1 Å². The van der Waals surface area contributed by atoms with E-state index in [1.165, 1.54) is 4.31 Å². The molecule has 1 unspecified atom stereocenters. The first-order valence-corrected chi connectivity index (χ1v) is 10.7. The van der Waals surface area contributed by atoms with Gasteiger partial charge in [0, 0.05) is 43.0 Å². The lowest BCUT2D eigenvalue weighted by molar-refractivity contribution is 0.0494. The van der Waals surface area contributed by atoms with Gasteiger partial charge in [0.05, 0.1) is 6.04 Å². The van der Waals surface area contributed by atoms with Gasteiger partial charge in [0.15, 0.2) is 0 Å². The first-order chi connectivity index (χ1) is 14.5. The van der Waals surface area contributed by atoms with Crippen molar-refractivity contribution in [3.8, 4) is 0 Å². The molecular formula is C23H21F2N2O2S-. The Bertz CT molecular complexity index is 954. The lowest BCUT2D eigenvalue weighted by Gasteiger charge is -2.49. The summed E-state index contributed by atoms with van der Waals surface area (Å²) in [5.74, 6) is -1.44. The number of nitrogens with zero attached hydrogens (tertiary/aromatic N) is 2. The van der Waals surface area contributed by atoms with Crippen molar-refractivity contribution < 1.29 is 17.5 Å². The van der Waals surface area contributed by atoms with Crippen LogP contribution in [-0.2, 0) is 17.8 Å². The summed E-state index contributed by atoms with van der Waals surface area (Å²) >= 11 is -2.50. The minimum atomic E-state index is -2.50. The lowest BCUT2D eigenvalue weighted by Crippen LogP contribution is -2.60. The van der Waals surface area contributed by atoms with E-state index in [4.69, 9.17) is 0 Å². The van der Waals surface area contributed by atoms with E-state index in [1.807, 2.05) is 36.4 Å². The Morgan fingerprint density at radius 2 is 1.43 bits per heavy atom. The molecule has 7 heteroatoms. The molecule has 0 aromatic heterocycles. The molecule has 0 radical (unpaired) electrons. The van der Waals surface area contributed by atoms with Crippen molar-refractivity contribution in [2.45, 2.75) is 18.6 Å². The lowest BCUT2D eigenvalue weighted by atomic mass is 9.93. The molecule has 0 N–H and O–H groups in total. The predicted molar refractivity (Wildman–Crippen MR) is 111 cm³/mol. The molecule has 4 rings (SSSR count). The normalized spacial score (nSPS) is 16.0. The molecule has 0 bridgehead atoms. The summed E-state index contributed by atoms with van der Waals surface area (Å²) in [4.78, 5) is 2.21. The Labute approximate surface area is 177 Å². The summed E-state index contributed by atoms with van der Waals surface area (Å²) in [7, 11) is 0. The molecule has 0 saturated carbocycles. The van der Waals surface area contributed by atoms with Gasteiger partial charge in [-0.05, 0) is 28.8 Å². The molecule has 1 aliphatic rings. The van der Waals surface area contributed by atoms with E-state index >= 15 is 0 Å². The summed E-state index contributed by atoms with van der Waals surface area (Å²) in [6, 6.07) is 23.0. The van der Waals surface area contributed by atoms with E-state index in [2.05, 4.69) is 29.2 Å². The third-order valence-corrected chi connectivity index (χ3v) is 6.16. The Hall–Kier alpha value is -2.45. The highest BCUT2D eigenvalue weighted by molar-refractivity contribution is 7.76. The highest BCUT2D eigenvalue weighted by Crippen LogP contribution is 2.34. The summed E-state index contributed by atoms with van der Waals surface area (Å²) < 4.78 is 51.9. The maximum absolute atomic E-state index is 13.5. The van der Waals surface area contributed by atoms with Gasteiger partial charge in [-0.1, -0.05) is 60.7 Å². The van der Waals surface area contributed by atoms with Crippen LogP contribution in [-0.4, -0.2) is 37.1 Å². The average Bonchev–Trinajstić information content (AvgIpc) is 2.69. The molecule has 0 aliphatic carbocycles. The molecule has 1 atom stereocenters. The molecule has 1 aliphatic heterocycles. The summed E-state index contributed by atoms with van der Waals surface area (Å²) in [6.45, 7) is 0.991. The first kappa shape index (κ1) is 20.8. The molecule has 156 valence electrons. The number of likely N-dealkylation sites (tertiary alicyclic amines) is 1. The van der Waals surface area contributed by atoms with Gasteiger partial charge in [0.2, 0.25) is 0 Å². The van der Waals surface area contributed by atoms with Crippen LogP contribution in [0.3, 0.4) is 0 Å². The molecule has 30 heavy (non-hydrogen) atoms. The fraction of sp³-hybridized carbons (Fsp3) is 0.217. The Kier molecular flexibility index (Phi) is 6.34. The van der Waals surface area contributed by atoms with E-state index in [0.717, 1.165) is 29.3 Å². The van der Waals surface area contributed by atoms with Crippen molar-refractivity contribution in [3.63, 3.8) is 0 Å². The van der Waals surface area contributed by atoms with Crippen LogP contribution in [0, 0.1) is 11.6 Å². The van der Waals surface area contributed by atoms with Crippen LogP contribution in [0.25, 0.3) is 0 Å². The largest absolute Gasteiger partial charge is 0.760 e. The van der Waals surface area contributed by atoms with Gasteiger partial charge in [0.25, 0.3) is 0 Å². The van der Waals surface area contributed by atoms with Crippen LogP contribution in [0.2, 0.25) is 0 Å². The van der Waals surface area contributed by atoms with E-state index in [-0.39, 0.29) is 24.2 Å². The molecule has 1 heterocycles. The van der Waals surface area contributed by atoms with Crippen molar-refractivity contribution in [2.24, 2.45) is 0 Å². The number of halogens is 2. The zero-order chi connectivity index (χ0) is 21.1. The Morgan fingerprint density at radius 3 is 1.90 bits per heavy atom. The van der Waals surface area contributed by atoms with Crippen LogP contribution in [0.1, 0.15) is 22.7 Å². The minimum absolute atomic E-state index is 0.0113. The monoisotopic (exact) mass is 427 g/mol. The van der Waals surface area contributed by atoms with Crippen LogP contribution in [0.4, 0.5) is 8.78 Å². The van der Waals surface area contributed by atoms with Crippen LogP contribution >= 0.6 is 0 Å². The molecule has 1 fully saturated rings. The first-order valence-electron chi connectivity index (χ1n) is 9.66. The molecule has 1 saturated heterocycles. The second-order valence-electron chi connectivity index (χ2n) is 7.40. The van der Waals surface area contributed by atoms with Crippen molar-refractivity contribution >= 4 is 11.3 Å². The van der Waals surface area contributed by atoms with Crippen molar-refractivity contribution in [1.29, 1.82) is 0 Å². The van der Waals surface area contributed by atoms with E-state index < -0.39 is 22.9 Å². The van der Waals surface area contributed by atoms with E-state index in [1.54, 1.807) is 0 Å². The SMILES string of the molecule is O=S([O-])N(Cc1cc(F)cc(F)c1)C1CN(C(c2ccccc2)c2ccccc2)C1. The Morgan fingerprint density at radius 1 is 0.933 bits per heavy atom. The maximum atomic E-state index is 13.5. The fourth-order valence-corrected chi connectivity index (χ4v) is 4.58. The standard InChI is InChI=1S/C23H22F2N2O2S/c24-20-11-17(12-21(25)13-20)14-27(30(28)29)22-15-26(16-22)23(18-7-3-1-4-8-18)19-9-5-2-6-10-19/h1-13,22-23H,14-16H2,(H,28,29)/p-1. The molecule has 3 aromatic carbocycles. The summed E-state index contributed by atoms with van der Waals surface area (Å²) in [6.07, 6.45) is 0. The second kappa shape index (κ2) is 9.14. The molecule has 4 nitrogen and oxygen atoms in total. The van der Waals surface area contributed by atoms with Gasteiger partial charge in [-0.25, -0.2) is 13.1 Å². The molecule has 0 spiro atoms. The maximum Gasteiger partial charge on any atom is 0.126 e. The number of benzene rings is 3. The Balaban J connectivity index is 1.52.